The van der Waals surface area contributed by atoms with Crippen molar-refractivity contribution in [3.05, 3.63) is 28.5 Å². The summed E-state index contributed by atoms with van der Waals surface area (Å²) in [5, 5.41) is 2.29. The number of hydrogen-bond donors (Lipinski definition) is 1. The van der Waals surface area contributed by atoms with E-state index >= 15 is 0 Å². The monoisotopic (exact) mass is 355 g/mol. The maximum atomic E-state index is 13.7. The summed E-state index contributed by atoms with van der Waals surface area (Å²) in [6.07, 6.45) is 1.31. The molecule has 0 aromatic heterocycles. The second-order valence-electron chi connectivity index (χ2n) is 4.93. The van der Waals surface area contributed by atoms with Crippen LogP contribution in [-0.2, 0) is 9.05 Å². The Labute approximate surface area is 133 Å². The number of halogens is 3. The van der Waals surface area contributed by atoms with E-state index in [1.165, 1.54) is 0 Å². The molecule has 0 aliphatic carbocycles. The van der Waals surface area contributed by atoms with Crippen LogP contribution in [0.3, 0.4) is 0 Å². The van der Waals surface area contributed by atoms with Gasteiger partial charge in [-0.05, 0) is 31.9 Å². The van der Waals surface area contributed by atoms with E-state index in [-0.39, 0.29) is 5.56 Å². The Morgan fingerprint density at radius 3 is 2.29 bits per heavy atom. The third-order valence-electron chi connectivity index (χ3n) is 3.50. The third kappa shape index (κ3) is 4.31. The number of nitrogens with one attached hydrogen (secondary N) is 1. The topological polar surface area (TPSA) is 63.2 Å². The van der Waals surface area contributed by atoms with E-state index in [1.807, 2.05) is 20.8 Å². The van der Waals surface area contributed by atoms with Crippen LogP contribution in [0.4, 0.5) is 4.39 Å². The van der Waals surface area contributed by atoms with E-state index in [0.717, 1.165) is 6.07 Å². The summed E-state index contributed by atoms with van der Waals surface area (Å²) >= 11 is 5.75. The van der Waals surface area contributed by atoms with Gasteiger partial charge in [0.15, 0.2) is 0 Å². The zero-order valence-corrected chi connectivity index (χ0v) is 14.2. The minimum absolute atomic E-state index is 0.260. The van der Waals surface area contributed by atoms with Crippen molar-refractivity contribution in [3.8, 4) is 0 Å². The van der Waals surface area contributed by atoms with Crippen molar-refractivity contribution in [1.82, 2.24) is 5.32 Å². The fourth-order valence-corrected chi connectivity index (χ4v) is 2.60. The molecule has 118 valence electrons. The van der Waals surface area contributed by atoms with Crippen LogP contribution < -0.4 is 5.32 Å². The van der Waals surface area contributed by atoms with Crippen molar-refractivity contribution in [2.75, 3.05) is 0 Å². The molecule has 0 spiro atoms. The zero-order valence-electron chi connectivity index (χ0n) is 11.8. The SMILES string of the molecule is CCC(C)(CC)NC(=O)c1cc(S(=O)(=O)Cl)cc(F)c1Cl. The molecule has 0 saturated carbocycles. The molecule has 1 aromatic rings. The van der Waals surface area contributed by atoms with Crippen LogP contribution >= 0.6 is 22.3 Å². The summed E-state index contributed by atoms with van der Waals surface area (Å²) in [4.78, 5) is 11.7. The normalized spacial score (nSPS) is 12.3. The van der Waals surface area contributed by atoms with Gasteiger partial charge >= 0.3 is 0 Å². The number of rotatable bonds is 5. The first kappa shape index (κ1) is 18.2. The highest BCUT2D eigenvalue weighted by atomic mass is 35.7. The minimum atomic E-state index is -4.16. The maximum Gasteiger partial charge on any atom is 0.261 e. The number of amides is 1. The van der Waals surface area contributed by atoms with Crippen LogP contribution in [0.15, 0.2) is 17.0 Å². The summed E-state index contributed by atoms with van der Waals surface area (Å²) in [7, 11) is 1.02. The van der Waals surface area contributed by atoms with E-state index < -0.39 is 36.2 Å². The van der Waals surface area contributed by atoms with Gasteiger partial charge in [0.2, 0.25) is 0 Å². The summed E-state index contributed by atoms with van der Waals surface area (Å²) in [5.74, 6) is -1.66. The van der Waals surface area contributed by atoms with Crippen molar-refractivity contribution in [2.24, 2.45) is 0 Å². The van der Waals surface area contributed by atoms with Crippen molar-refractivity contribution < 1.29 is 17.6 Å². The zero-order chi connectivity index (χ0) is 16.4. The molecular formula is C13H16Cl2FNO3S. The van der Waals surface area contributed by atoms with Crippen molar-refractivity contribution in [3.63, 3.8) is 0 Å². The average molecular weight is 356 g/mol. The molecule has 8 heteroatoms. The third-order valence-corrected chi connectivity index (χ3v) is 5.22. The molecule has 1 N–H and O–H groups in total. The van der Waals surface area contributed by atoms with Crippen LogP contribution in [0, 0.1) is 5.82 Å². The van der Waals surface area contributed by atoms with Gasteiger partial charge in [-0.3, -0.25) is 4.79 Å². The molecule has 4 nitrogen and oxygen atoms in total. The van der Waals surface area contributed by atoms with Gasteiger partial charge in [-0.2, -0.15) is 0 Å². The molecular weight excluding hydrogens is 340 g/mol. The molecule has 0 bridgehead atoms. The van der Waals surface area contributed by atoms with Crippen LogP contribution in [0.1, 0.15) is 44.0 Å². The molecule has 1 amide bonds. The fourth-order valence-electron chi connectivity index (χ4n) is 1.64. The van der Waals surface area contributed by atoms with E-state index in [2.05, 4.69) is 5.32 Å². The van der Waals surface area contributed by atoms with Crippen LogP contribution in [0.5, 0.6) is 0 Å². The van der Waals surface area contributed by atoms with Gasteiger partial charge in [0.25, 0.3) is 15.0 Å². The first-order valence-electron chi connectivity index (χ1n) is 6.30. The lowest BCUT2D eigenvalue weighted by Gasteiger charge is -2.28. The molecule has 0 radical (unpaired) electrons. The standard InChI is InChI=1S/C13H16Cl2FNO3S/c1-4-13(3,5-2)17-12(18)9-6-8(21(15,19)20)7-10(16)11(9)14/h6-7H,4-5H2,1-3H3,(H,17,18). The van der Waals surface area contributed by atoms with Gasteiger partial charge in [0.05, 0.1) is 15.5 Å². The second-order valence-corrected chi connectivity index (χ2v) is 7.87. The lowest BCUT2D eigenvalue weighted by molar-refractivity contribution is 0.0900. The van der Waals surface area contributed by atoms with Gasteiger partial charge in [-0.15, -0.1) is 0 Å². The first-order valence-corrected chi connectivity index (χ1v) is 8.99. The molecule has 1 rings (SSSR count). The Morgan fingerprint density at radius 1 is 1.33 bits per heavy atom. The molecule has 1 aromatic carbocycles. The van der Waals surface area contributed by atoms with E-state index in [9.17, 15) is 17.6 Å². The molecule has 0 aliphatic heterocycles. The molecule has 0 saturated heterocycles. The largest absolute Gasteiger partial charge is 0.347 e. The summed E-state index contributed by atoms with van der Waals surface area (Å²) in [6.45, 7) is 5.62. The Morgan fingerprint density at radius 2 is 1.86 bits per heavy atom. The summed E-state index contributed by atoms with van der Waals surface area (Å²) in [6, 6.07) is 1.65. The number of benzene rings is 1. The van der Waals surface area contributed by atoms with E-state index in [0.29, 0.717) is 18.9 Å². The lowest BCUT2D eigenvalue weighted by atomic mass is 9.95. The Balaban J connectivity index is 3.30. The predicted octanol–water partition coefficient (Wildman–Crippen LogP) is 3.72. The van der Waals surface area contributed by atoms with E-state index in [1.54, 1.807) is 0 Å². The lowest BCUT2D eigenvalue weighted by Crippen LogP contribution is -2.45. The highest BCUT2D eigenvalue weighted by Gasteiger charge is 2.26. The van der Waals surface area contributed by atoms with Crippen molar-refractivity contribution in [2.45, 2.75) is 44.0 Å². The van der Waals surface area contributed by atoms with Crippen molar-refractivity contribution >= 4 is 37.2 Å². The fraction of sp³-hybridized carbons (Fsp3) is 0.462. The Bertz CT molecular complexity index is 658. The summed E-state index contributed by atoms with van der Waals surface area (Å²) < 4.78 is 36.3. The highest BCUT2D eigenvalue weighted by Crippen LogP contribution is 2.27. The second kappa shape index (κ2) is 6.50. The maximum absolute atomic E-state index is 13.7. The van der Waals surface area contributed by atoms with Gasteiger partial charge in [0.1, 0.15) is 5.82 Å². The van der Waals surface area contributed by atoms with Crippen LogP contribution in [-0.4, -0.2) is 19.9 Å². The average Bonchev–Trinajstić information content (AvgIpc) is 2.40. The van der Waals surface area contributed by atoms with Crippen LogP contribution in [0.25, 0.3) is 0 Å². The van der Waals surface area contributed by atoms with Crippen molar-refractivity contribution in [1.29, 1.82) is 0 Å². The van der Waals surface area contributed by atoms with Gasteiger partial charge in [0, 0.05) is 16.2 Å². The first-order chi connectivity index (χ1) is 9.54. The number of hydrogen-bond acceptors (Lipinski definition) is 3. The number of carbonyl (C=O) groups is 1. The highest BCUT2D eigenvalue weighted by molar-refractivity contribution is 8.13. The molecule has 0 fully saturated rings. The van der Waals surface area contributed by atoms with Gasteiger partial charge < -0.3 is 5.32 Å². The Hall–Kier alpha value is -0.850. The van der Waals surface area contributed by atoms with E-state index in [4.69, 9.17) is 22.3 Å². The molecule has 0 heterocycles. The van der Waals surface area contributed by atoms with Gasteiger partial charge in [-0.25, -0.2) is 12.8 Å². The Kier molecular flexibility index (Phi) is 5.63. The number of carbonyl (C=O) groups excluding carboxylic acids is 1. The molecule has 0 unspecified atom stereocenters. The quantitative estimate of drug-likeness (QED) is 0.818. The van der Waals surface area contributed by atoms with Crippen LogP contribution in [0.2, 0.25) is 5.02 Å². The van der Waals surface area contributed by atoms with Gasteiger partial charge in [-0.1, -0.05) is 25.4 Å². The molecule has 0 aliphatic rings. The smallest absolute Gasteiger partial charge is 0.261 e. The summed E-state index contributed by atoms with van der Waals surface area (Å²) in [5.41, 5.74) is -0.753. The predicted molar refractivity (Wildman–Crippen MR) is 80.9 cm³/mol. The minimum Gasteiger partial charge on any atom is -0.347 e. The molecule has 0 atom stereocenters. The molecule has 21 heavy (non-hydrogen) atoms.